The van der Waals surface area contributed by atoms with E-state index in [1.165, 1.54) is 4.90 Å². The third-order valence-corrected chi connectivity index (χ3v) is 5.53. The molecule has 0 bridgehead atoms. The molecule has 3 heterocycles. The second-order valence-corrected chi connectivity index (χ2v) is 7.20. The van der Waals surface area contributed by atoms with E-state index in [0.717, 1.165) is 18.7 Å². The zero-order valence-corrected chi connectivity index (χ0v) is 15.8. The summed E-state index contributed by atoms with van der Waals surface area (Å²) in [6.07, 6.45) is 3.64. The van der Waals surface area contributed by atoms with Crippen LogP contribution in [0.2, 0.25) is 5.02 Å². The molecular weight excluding hydrogens is 366 g/mol. The minimum Gasteiger partial charge on any atom is -0.338 e. The molecule has 140 valence electrons. The van der Waals surface area contributed by atoms with Gasteiger partial charge >= 0.3 is 0 Å². The Bertz CT molecular complexity index is 868. The van der Waals surface area contributed by atoms with Crippen molar-refractivity contribution in [1.29, 1.82) is 0 Å². The maximum Gasteiger partial charge on any atom is 0.251 e. The van der Waals surface area contributed by atoms with Crippen molar-refractivity contribution in [3.63, 3.8) is 0 Å². The van der Waals surface area contributed by atoms with Crippen molar-refractivity contribution in [3.05, 3.63) is 47.2 Å². The minimum atomic E-state index is -0.420. The number of piperazine rings is 1. The predicted molar refractivity (Wildman–Crippen MR) is 103 cm³/mol. The molecule has 0 radical (unpaired) electrons. The van der Waals surface area contributed by atoms with Crippen LogP contribution in [0.1, 0.15) is 12.0 Å². The molecule has 1 aromatic heterocycles. The van der Waals surface area contributed by atoms with Crippen LogP contribution in [0, 0.1) is 6.92 Å². The summed E-state index contributed by atoms with van der Waals surface area (Å²) in [6.45, 7) is 4.70. The van der Waals surface area contributed by atoms with E-state index in [2.05, 4.69) is 19.8 Å². The van der Waals surface area contributed by atoms with Gasteiger partial charge in [0, 0.05) is 43.6 Å². The summed E-state index contributed by atoms with van der Waals surface area (Å²) in [5, 5.41) is 0.549. The van der Waals surface area contributed by atoms with Crippen LogP contribution >= 0.6 is 11.6 Å². The highest BCUT2D eigenvalue weighted by Crippen LogP contribution is 2.29. The number of rotatable bonds is 3. The van der Waals surface area contributed by atoms with Gasteiger partial charge in [0.05, 0.1) is 18.2 Å². The summed E-state index contributed by atoms with van der Waals surface area (Å²) in [7, 11) is 0. The van der Waals surface area contributed by atoms with E-state index in [4.69, 9.17) is 11.6 Å². The summed E-state index contributed by atoms with van der Waals surface area (Å²) < 4.78 is 0. The number of aryl methyl sites for hydroxylation is 1. The molecule has 0 spiro atoms. The molecule has 8 heteroatoms. The smallest absolute Gasteiger partial charge is 0.251 e. The van der Waals surface area contributed by atoms with Gasteiger partial charge in [0.1, 0.15) is 0 Å². The number of benzene rings is 1. The van der Waals surface area contributed by atoms with Crippen molar-refractivity contribution in [2.75, 3.05) is 36.0 Å². The van der Waals surface area contributed by atoms with E-state index in [0.29, 0.717) is 29.7 Å². The number of carbonyl (C=O) groups is 2. The fourth-order valence-corrected chi connectivity index (χ4v) is 3.76. The Balaban J connectivity index is 1.45. The number of aromatic nitrogens is 2. The first-order valence-electron chi connectivity index (χ1n) is 8.93. The zero-order valence-electron chi connectivity index (χ0n) is 15.0. The van der Waals surface area contributed by atoms with E-state index in [1.807, 2.05) is 13.0 Å². The molecule has 2 fully saturated rings. The largest absolute Gasteiger partial charge is 0.338 e. The Kier molecular flexibility index (Phi) is 4.80. The Labute approximate surface area is 162 Å². The average Bonchev–Trinajstić information content (AvgIpc) is 2.99. The second-order valence-electron chi connectivity index (χ2n) is 6.79. The first-order chi connectivity index (χ1) is 13.0. The molecule has 0 aliphatic carbocycles. The van der Waals surface area contributed by atoms with Gasteiger partial charge in [-0.1, -0.05) is 17.7 Å². The third-order valence-electron chi connectivity index (χ3n) is 5.13. The molecule has 2 aromatic rings. The van der Waals surface area contributed by atoms with E-state index in [9.17, 15) is 9.59 Å². The van der Waals surface area contributed by atoms with Crippen molar-refractivity contribution < 1.29 is 9.59 Å². The molecule has 2 saturated heterocycles. The number of imide groups is 1. The topological polar surface area (TPSA) is 69.6 Å². The predicted octanol–water partition coefficient (Wildman–Crippen LogP) is 1.89. The van der Waals surface area contributed by atoms with Gasteiger partial charge in [0.25, 0.3) is 5.91 Å². The van der Waals surface area contributed by atoms with Crippen LogP contribution in [0.25, 0.3) is 0 Å². The average molecular weight is 386 g/mol. The normalized spacial score (nSPS) is 21.2. The van der Waals surface area contributed by atoms with Gasteiger partial charge in [0.2, 0.25) is 11.9 Å². The van der Waals surface area contributed by atoms with E-state index in [1.54, 1.807) is 30.6 Å². The zero-order chi connectivity index (χ0) is 19.0. The Hall–Kier alpha value is -2.51. The summed E-state index contributed by atoms with van der Waals surface area (Å²) in [5.74, 6) is 0.338. The highest BCUT2D eigenvalue weighted by atomic mass is 35.5. The molecule has 1 aromatic carbocycles. The van der Waals surface area contributed by atoms with Crippen molar-refractivity contribution in [2.45, 2.75) is 19.4 Å². The number of hydrogen-bond acceptors (Lipinski definition) is 6. The third kappa shape index (κ3) is 3.40. The maximum atomic E-state index is 12.9. The number of amides is 2. The van der Waals surface area contributed by atoms with Crippen LogP contribution in [0.3, 0.4) is 0 Å². The molecule has 27 heavy (non-hydrogen) atoms. The molecule has 4 rings (SSSR count). The quantitative estimate of drug-likeness (QED) is 0.751. The van der Waals surface area contributed by atoms with Gasteiger partial charge in [-0.2, -0.15) is 0 Å². The standard InChI is InChI=1S/C19H20ClN5O2/c1-13-3-4-14(11-15(13)20)25-17(26)12-16(18(25)27)23-7-9-24(10-8-23)19-21-5-2-6-22-19/h2-6,11,16H,7-10,12H2,1H3/t16-/m1/s1. The van der Waals surface area contributed by atoms with Gasteiger partial charge in [-0.3, -0.25) is 14.5 Å². The van der Waals surface area contributed by atoms with Gasteiger partial charge in [-0.05, 0) is 30.7 Å². The fourth-order valence-electron chi connectivity index (χ4n) is 3.58. The maximum absolute atomic E-state index is 12.9. The molecule has 1 atom stereocenters. The summed E-state index contributed by atoms with van der Waals surface area (Å²) in [4.78, 5) is 39.5. The minimum absolute atomic E-state index is 0.177. The summed E-state index contributed by atoms with van der Waals surface area (Å²) >= 11 is 6.17. The lowest BCUT2D eigenvalue weighted by Crippen LogP contribution is -2.53. The molecule has 2 aliphatic heterocycles. The van der Waals surface area contributed by atoms with Gasteiger partial charge in [-0.15, -0.1) is 0 Å². The van der Waals surface area contributed by atoms with Crippen molar-refractivity contribution in [3.8, 4) is 0 Å². The molecule has 0 saturated carbocycles. The lowest BCUT2D eigenvalue weighted by atomic mass is 10.1. The second kappa shape index (κ2) is 7.25. The molecule has 0 N–H and O–H groups in total. The summed E-state index contributed by atoms with van der Waals surface area (Å²) in [6, 6.07) is 6.64. The monoisotopic (exact) mass is 385 g/mol. The number of carbonyl (C=O) groups excluding carboxylic acids is 2. The van der Waals surface area contributed by atoms with E-state index in [-0.39, 0.29) is 18.2 Å². The SMILES string of the molecule is Cc1ccc(N2C(=O)C[C@@H](N3CCN(c4ncccn4)CC3)C2=O)cc1Cl. The Morgan fingerprint density at radius 3 is 2.44 bits per heavy atom. The molecule has 2 amide bonds. The van der Waals surface area contributed by atoms with E-state index < -0.39 is 6.04 Å². The number of hydrogen-bond donors (Lipinski definition) is 0. The molecule has 0 unspecified atom stereocenters. The van der Waals surface area contributed by atoms with E-state index >= 15 is 0 Å². The van der Waals surface area contributed by atoms with Crippen LogP contribution < -0.4 is 9.80 Å². The first-order valence-corrected chi connectivity index (χ1v) is 9.31. The van der Waals surface area contributed by atoms with Crippen LogP contribution in [-0.4, -0.2) is 58.9 Å². The number of anilines is 2. The number of halogens is 1. The first kappa shape index (κ1) is 17.9. The van der Waals surface area contributed by atoms with Crippen molar-refractivity contribution in [1.82, 2.24) is 14.9 Å². The molecular formula is C19H20ClN5O2. The van der Waals surface area contributed by atoms with Gasteiger partial charge < -0.3 is 4.90 Å². The summed E-state index contributed by atoms with van der Waals surface area (Å²) in [5.41, 5.74) is 1.45. The Morgan fingerprint density at radius 2 is 1.78 bits per heavy atom. The lowest BCUT2D eigenvalue weighted by Gasteiger charge is -2.36. The number of nitrogens with zero attached hydrogens (tertiary/aromatic N) is 5. The van der Waals surface area contributed by atoms with Crippen LogP contribution in [0.4, 0.5) is 11.6 Å². The Morgan fingerprint density at radius 1 is 1.07 bits per heavy atom. The van der Waals surface area contributed by atoms with Gasteiger partial charge in [-0.25, -0.2) is 14.9 Å². The van der Waals surface area contributed by atoms with Gasteiger partial charge in [0.15, 0.2) is 0 Å². The fraction of sp³-hybridized carbons (Fsp3) is 0.368. The van der Waals surface area contributed by atoms with Crippen LogP contribution in [0.5, 0.6) is 0 Å². The molecule has 7 nitrogen and oxygen atoms in total. The van der Waals surface area contributed by atoms with Crippen molar-refractivity contribution in [2.24, 2.45) is 0 Å². The van der Waals surface area contributed by atoms with Crippen molar-refractivity contribution >= 4 is 35.1 Å². The highest BCUT2D eigenvalue weighted by Gasteiger charge is 2.43. The van der Waals surface area contributed by atoms with Crippen LogP contribution in [0.15, 0.2) is 36.7 Å². The highest BCUT2D eigenvalue weighted by molar-refractivity contribution is 6.32. The molecule has 2 aliphatic rings. The van der Waals surface area contributed by atoms with Crippen LogP contribution in [-0.2, 0) is 9.59 Å². The lowest BCUT2D eigenvalue weighted by molar-refractivity contribution is -0.123.